The topological polar surface area (TPSA) is 76.0 Å². The molecule has 3 heterocycles. The van der Waals surface area contributed by atoms with Crippen LogP contribution < -0.4 is 4.74 Å². The number of nitrogens with one attached hydrogen (secondary N) is 1. The van der Waals surface area contributed by atoms with Gasteiger partial charge in [-0.25, -0.2) is 13.5 Å². The molecule has 3 rings (SSSR count). The Hall–Kier alpha value is -2.45. The van der Waals surface area contributed by atoms with Crippen LogP contribution in [0.1, 0.15) is 39.4 Å². The maximum atomic E-state index is 13.0. The number of carbonyl (C=O) groups excluding carboxylic acids is 1. The second-order valence-corrected chi connectivity index (χ2v) is 5.44. The van der Waals surface area contributed by atoms with Crippen LogP contribution in [0.5, 0.6) is 5.88 Å². The average molecular weight is 325 g/mol. The lowest BCUT2D eigenvalue weighted by molar-refractivity contribution is 0.0724. The Morgan fingerprint density at radius 1 is 1.43 bits per heavy atom. The molecule has 0 fully saturated rings. The number of H-pyrrole nitrogens is 1. The normalized spacial score (nSPS) is 14.3. The summed E-state index contributed by atoms with van der Waals surface area (Å²) >= 11 is 0. The third kappa shape index (κ3) is 2.45. The number of hydrogen-bond donors (Lipinski definition) is 1. The molecule has 9 heteroatoms. The maximum Gasteiger partial charge on any atom is 0.282 e. The van der Waals surface area contributed by atoms with Crippen molar-refractivity contribution < 1.29 is 18.3 Å². The van der Waals surface area contributed by atoms with E-state index in [2.05, 4.69) is 15.3 Å². The van der Waals surface area contributed by atoms with E-state index in [1.165, 1.54) is 16.7 Å². The van der Waals surface area contributed by atoms with E-state index in [0.29, 0.717) is 41.4 Å². The predicted octanol–water partition coefficient (Wildman–Crippen LogP) is 1.60. The summed E-state index contributed by atoms with van der Waals surface area (Å²) in [4.78, 5) is 14.3. The number of ether oxygens (including phenoxy) is 1. The number of aryl methyl sites for hydroxylation is 2. The third-order valence-corrected chi connectivity index (χ3v) is 4.04. The van der Waals surface area contributed by atoms with Gasteiger partial charge >= 0.3 is 0 Å². The Morgan fingerprint density at radius 3 is 2.83 bits per heavy atom. The number of amides is 1. The van der Waals surface area contributed by atoms with E-state index < -0.39 is 6.43 Å². The highest BCUT2D eigenvalue weighted by atomic mass is 19.3. The molecule has 0 saturated heterocycles. The van der Waals surface area contributed by atoms with Crippen molar-refractivity contribution in [3.05, 3.63) is 28.2 Å². The largest absolute Gasteiger partial charge is 0.481 e. The van der Waals surface area contributed by atoms with Crippen molar-refractivity contribution in [2.24, 2.45) is 7.05 Å². The van der Waals surface area contributed by atoms with Crippen molar-refractivity contribution in [2.45, 2.75) is 26.3 Å². The summed E-state index contributed by atoms with van der Waals surface area (Å²) in [6.07, 6.45) is -2.21. The van der Waals surface area contributed by atoms with Crippen LogP contribution in [-0.4, -0.2) is 44.4 Å². The van der Waals surface area contributed by atoms with Crippen LogP contribution in [0, 0.1) is 6.92 Å². The SMILES string of the molecule is COc1c(C(=O)N2CCc3[nH]nc(C(F)F)c3C2)c(C)nn1C. The summed E-state index contributed by atoms with van der Waals surface area (Å²) in [6, 6.07) is 0. The number of hydrogen-bond acceptors (Lipinski definition) is 4. The smallest absolute Gasteiger partial charge is 0.282 e. The molecule has 23 heavy (non-hydrogen) atoms. The van der Waals surface area contributed by atoms with Crippen molar-refractivity contribution in [3.63, 3.8) is 0 Å². The van der Waals surface area contributed by atoms with Crippen LogP contribution in [-0.2, 0) is 20.0 Å². The van der Waals surface area contributed by atoms with Crippen LogP contribution in [0.3, 0.4) is 0 Å². The number of halogens is 2. The van der Waals surface area contributed by atoms with Gasteiger partial charge in [0.1, 0.15) is 11.3 Å². The van der Waals surface area contributed by atoms with Gasteiger partial charge in [0.05, 0.1) is 12.8 Å². The molecule has 0 atom stereocenters. The van der Waals surface area contributed by atoms with Gasteiger partial charge in [0.2, 0.25) is 5.88 Å². The zero-order valence-corrected chi connectivity index (χ0v) is 13.1. The molecule has 2 aromatic rings. The summed E-state index contributed by atoms with van der Waals surface area (Å²) < 4.78 is 32.7. The minimum absolute atomic E-state index is 0.0990. The Labute approximate surface area is 131 Å². The fourth-order valence-corrected chi connectivity index (χ4v) is 2.95. The Balaban J connectivity index is 1.92. The zero-order chi connectivity index (χ0) is 16.7. The van der Waals surface area contributed by atoms with E-state index in [1.54, 1.807) is 14.0 Å². The molecule has 0 unspecified atom stereocenters. The predicted molar refractivity (Wildman–Crippen MR) is 76.5 cm³/mol. The van der Waals surface area contributed by atoms with Crippen LogP contribution in [0.4, 0.5) is 8.78 Å². The highest BCUT2D eigenvalue weighted by molar-refractivity contribution is 5.97. The van der Waals surface area contributed by atoms with Crippen molar-refractivity contribution >= 4 is 5.91 Å². The first kappa shape index (κ1) is 15.4. The van der Waals surface area contributed by atoms with Crippen molar-refractivity contribution in [1.29, 1.82) is 0 Å². The molecule has 7 nitrogen and oxygen atoms in total. The number of rotatable bonds is 3. The summed E-state index contributed by atoms with van der Waals surface area (Å²) in [6.45, 7) is 2.24. The number of aromatic amines is 1. The fourth-order valence-electron chi connectivity index (χ4n) is 2.95. The lowest BCUT2D eigenvalue weighted by atomic mass is 10.0. The molecule has 0 bridgehead atoms. The highest BCUT2D eigenvalue weighted by Crippen LogP contribution is 2.30. The first-order valence-electron chi connectivity index (χ1n) is 7.15. The first-order chi connectivity index (χ1) is 10.9. The van der Waals surface area contributed by atoms with Gasteiger partial charge < -0.3 is 9.64 Å². The van der Waals surface area contributed by atoms with Gasteiger partial charge in [-0.1, -0.05) is 0 Å². The van der Waals surface area contributed by atoms with E-state index in [-0.39, 0.29) is 18.1 Å². The molecule has 2 aromatic heterocycles. The fraction of sp³-hybridized carbons (Fsp3) is 0.500. The molecule has 124 valence electrons. The van der Waals surface area contributed by atoms with Crippen LogP contribution >= 0.6 is 0 Å². The molecular weight excluding hydrogens is 308 g/mol. The number of carbonyl (C=O) groups is 1. The Bertz CT molecular complexity index is 753. The van der Waals surface area contributed by atoms with Crippen LogP contribution in [0.25, 0.3) is 0 Å². The van der Waals surface area contributed by atoms with Crippen LogP contribution in [0.2, 0.25) is 0 Å². The minimum Gasteiger partial charge on any atom is -0.481 e. The van der Waals surface area contributed by atoms with Crippen molar-refractivity contribution in [3.8, 4) is 5.88 Å². The molecule has 1 aliphatic rings. The van der Waals surface area contributed by atoms with E-state index in [1.807, 2.05) is 0 Å². The van der Waals surface area contributed by atoms with Crippen LogP contribution in [0.15, 0.2) is 0 Å². The lowest BCUT2D eigenvalue weighted by Gasteiger charge is -2.27. The molecule has 0 aliphatic carbocycles. The van der Waals surface area contributed by atoms with E-state index in [0.717, 1.165) is 0 Å². The summed E-state index contributed by atoms with van der Waals surface area (Å²) in [5.41, 5.74) is 1.69. The molecule has 0 spiro atoms. The van der Waals surface area contributed by atoms with Gasteiger partial charge in [0.25, 0.3) is 12.3 Å². The maximum absolute atomic E-state index is 13.0. The van der Waals surface area contributed by atoms with Gasteiger partial charge in [-0.05, 0) is 6.92 Å². The second-order valence-electron chi connectivity index (χ2n) is 5.44. The quantitative estimate of drug-likeness (QED) is 0.930. The number of alkyl halides is 2. The van der Waals surface area contributed by atoms with E-state index in [4.69, 9.17) is 4.74 Å². The molecule has 1 amide bonds. The number of methoxy groups -OCH3 is 1. The molecule has 1 N–H and O–H groups in total. The molecule has 1 aliphatic heterocycles. The van der Waals surface area contributed by atoms with Crippen molar-refractivity contribution in [2.75, 3.05) is 13.7 Å². The van der Waals surface area contributed by atoms with Gasteiger partial charge in [-0.15, -0.1) is 0 Å². The summed E-state index contributed by atoms with van der Waals surface area (Å²) in [5.74, 6) is 0.0825. The van der Waals surface area contributed by atoms with Gasteiger partial charge in [-0.2, -0.15) is 10.2 Å². The molecule has 0 aromatic carbocycles. The second kappa shape index (κ2) is 5.64. The number of nitrogens with zero attached hydrogens (tertiary/aromatic N) is 4. The monoisotopic (exact) mass is 325 g/mol. The van der Waals surface area contributed by atoms with Gasteiger partial charge in [-0.3, -0.25) is 9.89 Å². The van der Waals surface area contributed by atoms with E-state index >= 15 is 0 Å². The third-order valence-electron chi connectivity index (χ3n) is 4.04. The summed E-state index contributed by atoms with van der Waals surface area (Å²) in [7, 11) is 3.15. The van der Waals surface area contributed by atoms with E-state index in [9.17, 15) is 13.6 Å². The number of aromatic nitrogens is 4. The highest BCUT2D eigenvalue weighted by Gasteiger charge is 2.32. The van der Waals surface area contributed by atoms with Gasteiger partial charge in [0.15, 0.2) is 0 Å². The minimum atomic E-state index is -2.67. The van der Waals surface area contributed by atoms with Crippen molar-refractivity contribution in [1.82, 2.24) is 24.9 Å². The standard InChI is InChI=1S/C14H17F2N5O2/c1-7-10(14(23-3)20(2)19-7)13(22)21-5-4-9-8(6-21)11(12(15)16)18-17-9/h12H,4-6H2,1-3H3,(H,17,18). The molecule has 0 radical (unpaired) electrons. The average Bonchev–Trinajstić information content (AvgIpc) is 3.05. The van der Waals surface area contributed by atoms with Gasteiger partial charge in [0, 0.05) is 37.8 Å². The first-order valence-corrected chi connectivity index (χ1v) is 7.15. The molecule has 0 saturated carbocycles. The number of fused-ring (bicyclic) bond motifs is 1. The molecular formula is C14H17F2N5O2. The zero-order valence-electron chi connectivity index (χ0n) is 13.1. The lowest BCUT2D eigenvalue weighted by Crippen LogP contribution is -2.36. The Morgan fingerprint density at radius 2 is 2.17 bits per heavy atom. The summed E-state index contributed by atoms with van der Waals surface area (Å²) in [5, 5.41) is 10.5. The Kier molecular flexibility index (Phi) is 3.78.